The van der Waals surface area contributed by atoms with Crippen LogP contribution in [0.2, 0.25) is 10.0 Å². The molecule has 3 aliphatic rings. The van der Waals surface area contributed by atoms with Crippen LogP contribution < -0.4 is 30.7 Å². The first-order chi connectivity index (χ1) is 25.3. The molecule has 2 atom stereocenters. The molecule has 0 spiro atoms. The number of ether oxygens (including phenoxy) is 2. The van der Waals surface area contributed by atoms with E-state index in [-0.39, 0.29) is 23.9 Å². The van der Waals surface area contributed by atoms with Crippen molar-refractivity contribution < 1.29 is 19.1 Å². The molecule has 0 bridgehead atoms. The van der Waals surface area contributed by atoms with Gasteiger partial charge in [0.1, 0.15) is 5.75 Å². The van der Waals surface area contributed by atoms with Gasteiger partial charge in [-0.1, -0.05) is 71.7 Å². The Bertz CT molecular complexity index is 2030. The standard InChI is InChI=1S/C41H43Cl2N5O4/c1-51-36-19-34-24(9-10-25(34)18-28(36)21-45-23-30-13-16-38(50)47-30)17-26-5-3-6-31(39(26)42)32-7-4-8-33(40(32)43)35-14-11-27(41(48-35)52-2)20-44-22-29-12-15-37(49)46-29/h3-8,11,14,17-19,29-30,44-45H,9-10,12-13,15-16,20-23H2,1-2H3,(H,46,49)(H,47,50)/b24-17-/t29-,30+/m1/s1. The van der Waals surface area contributed by atoms with Crippen LogP contribution in [-0.4, -0.2) is 56.2 Å². The van der Waals surface area contributed by atoms with Gasteiger partial charge in [-0.05, 0) is 66.2 Å². The summed E-state index contributed by atoms with van der Waals surface area (Å²) in [6.07, 6.45) is 6.90. The van der Waals surface area contributed by atoms with Crippen LogP contribution in [0.1, 0.15) is 59.9 Å². The highest BCUT2D eigenvalue weighted by atomic mass is 35.5. The maximum Gasteiger partial charge on any atom is 0.220 e. The molecular weight excluding hydrogens is 697 g/mol. The summed E-state index contributed by atoms with van der Waals surface area (Å²) in [7, 11) is 3.32. The third-order valence-corrected chi connectivity index (χ3v) is 11.0. The molecule has 0 saturated carbocycles. The highest BCUT2D eigenvalue weighted by molar-refractivity contribution is 6.38. The quantitative estimate of drug-likeness (QED) is 0.117. The predicted octanol–water partition coefficient (Wildman–Crippen LogP) is 6.96. The minimum atomic E-state index is 0.105. The van der Waals surface area contributed by atoms with Gasteiger partial charge in [-0.25, -0.2) is 4.98 Å². The number of carbonyl (C=O) groups excluding carboxylic acids is 2. The van der Waals surface area contributed by atoms with Crippen molar-refractivity contribution in [3.63, 3.8) is 0 Å². The average molecular weight is 741 g/mol. The number of amides is 2. The molecule has 0 unspecified atom stereocenters. The Morgan fingerprint density at radius 3 is 2.06 bits per heavy atom. The zero-order valence-corrected chi connectivity index (χ0v) is 30.9. The van der Waals surface area contributed by atoms with Crippen molar-refractivity contribution in [3.8, 4) is 34.0 Å². The first-order valence-electron chi connectivity index (χ1n) is 17.8. The Morgan fingerprint density at radius 1 is 0.750 bits per heavy atom. The van der Waals surface area contributed by atoms with Crippen LogP contribution in [0.4, 0.5) is 0 Å². The van der Waals surface area contributed by atoms with Crippen LogP contribution in [0.15, 0.2) is 60.7 Å². The molecule has 270 valence electrons. The number of methoxy groups -OCH3 is 2. The number of halogens is 2. The van der Waals surface area contributed by atoms with Gasteiger partial charge in [0.15, 0.2) is 0 Å². The number of carbonyl (C=O) groups is 2. The molecule has 7 rings (SSSR count). The Kier molecular flexibility index (Phi) is 11.1. The third kappa shape index (κ3) is 7.83. The lowest BCUT2D eigenvalue weighted by molar-refractivity contribution is -0.120. The molecule has 4 N–H and O–H groups in total. The molecule has 11 heteroatoms. The number of aromatic nitrogens is 1. The second-order valence-electron chi connectivity index (χ2n) is 13.6. The van der Waals surface area contributed by atoms with Crippen LogP contribution >= 0.6 is 23.2 Å². The van der Waals surface area contributed by atoms with Crippen molar-refractivity contribution in [2.24, 2.45) is 0 Å². The largest absolute Gasteiger partial charge is 0.496 e. The molecule has 2 saturated heterocycles. The number of benzene rings is 3. The van der Waals surface area contributed by atoms with Gasteiger partial charge in [0.2, 0.25) is 17.7 Å². The fraction of sp³-hybridized carbons (Fsp3) is 0.341. The molecule has 0 radical (unpaired) electrons. The van der Waals surface area contributed by atoms with E-state index >= 15 is 0 Å². The zero-order valence-electron chi connectivity index (χ0n) is 29.4. The van der Waals surface area contributed by atoms with E-state index in [4.69, 9.17) is 37.7 Å². The normalized spacial score (nSPS) is 18.8. The van der Waals surface area contributed by atoms with E-state index in [0.29, 0.717) is 54.1 Å². The molecule has 3 heterocycles. The average Bonchev–Trinajstić information content (AvgIpc) is 3.88. The number of hydrogen-bond acceptors (Lipinski definition) is 7. The van der Waals surface area contributed by atoms with Gasteiger partial charge in [0.05, 0.1) is 30.0 Å². The summed E-state index contributed by atoms with van der Waals surface area (Å²) >= 11 is 14.3. The van der Waals surface area contributed by atoms with Gasteiger partial charge in [-0.15, -0.1) is 0 Å². The molecular formula is C41H43Cl2N5O4. The molecule has 4 aromatic rings. The van der Waals surface area contributed by atoms with E-state index in [0.717, 1.165) is 71.4 Å². The van der Waals surface area contributed by atoms with Crippen molar-refractivity contribution in [3.05, 3.63) is 98.5 Å². The number of hydrogen-bond donors (Lipinski definition) is 4. The minimum absolute atomic E-state index is 0.105. The second-order valence-corrected chi connectivity index (χ2v) is 14.4. The Morgan fingerprint density at radius 2 is 1.40 bits per heavy atom. The number of nitrogens with zero attached hydrogens (tertiary/aromatic N) is 1. The fourth-order valence-corrected chi connectivity index (χ4v) is 8.02. The first-order valence-corrected chi connectivity index (χ1v) is 18.6. The lowest BCUT2D eigenvalue weighted by Gasteiger charge is -2.16. The number of allylic oxidation sites excluding steroid dienone is 1. The third-order valence-electron chi connectivity index (χ3n) is 10.2. The smallest absolute Gasteiger partial charge is 0.220 e. The Hall–Kier alpha value is -4.41. The highest BCUT2D eigenvalue weighted by Gasteiger charge is 2.24. The number of aryl methyl sites for hydroxylation is 1. The highest BCUT2D eigenvalue weighted by Crippen LogP contribution is 2.43. The van der Waals surface area contributed by atoms with Gasteiger partial charge in [0.25, 0.3) is 0 Å². The zero-order chi connectivity index (χ0) is 36.2. The van der Waals surface area contributed by atoms with Gasteiger partial charge in [0, 0.05) is 78.9 Å². The maximum atomic E-state index is 11.6. The summed E-state index contributed by atoms with van der Waals surface area (Å²) < 4.78 is 11.5. The monoisotopic (exact) mass is 739 g/mol. The molecule has 3 aromatic carbocycles. The van der Waals surface area contributed by atoms with E-state index in [1.807, 2.05) is 48.5 Å². The number of fused-ring (bicyclic) bond motifs is 1. The lowest BCUT2D eigenvalue weighted by Crippen LogP contribution is -2.35. The van der Waals surface area contributed by atoms with Gasteiger partial charge < -0.3 is 30.7 Å². The van der Waals surface area contributed by atoms with Crippen LogP contribution in [-0.2, 0) is 29.1 Å². The fourth-order valence-electron chi connectivity index (χ4n) is 7.41. The Balaban J connectivity index is 1.09. The predicted molar refractivity (Wildman–Crippen MR) is 207 cm³/mol. The van der Waals surface area contributed by atoms with Crippen LogP contribution in [0, 0.1) is 0 Å². The van der Waals surface area contributed by atoms with E-state index in [1.165, 1.54) is 16.7 Å². The summed E-state index contributed by atoms with van der Waals surface area (Å²) in [6.45, 7) is 2.65. The van der Waals surface area contributed by atoms with Gasteiger partial charge in [-0.3, -0.25) is 9.59 Å². The van der Waals surface area contributed by atoms with E-state index in [2.05, 4.69) is 39.5 Å². The number of pyridine rings is 1. The molecule has 9 nitrogen and oxygen atoms in total. The van der Waals surface area contributed by atoms with Gasteiger partial charge >= 0.3 is 0 Å². The second kappa shape index (κ2) is 16.1. The summed E-state index contributed by atoms with van der Waals surface area (Å²) in [5.74, 6) is 1.59. The van der Waals surface area contributed by atoms with Crippen molar-refractivity contribution in [2.45, 2.75) is 63.7 Å². The summed E-state index contributed by atoms with van der Waals surface area (Å²) in [5.41, 5.74) is 9.74. The summed E-state index contributed by atoms with van der Waals surface area (Å²) in [6, 6.07) is 20.6. The molecule has 1 aromatic heterocycles. The van der Waals surface area contributed by atoms with Crippen molar-refractivity contribution in [2.75, 3.05) is 27.3 Å². The summed E-state index contributed by atoms with van der Waals surface area (Å²) in [4.78, 5) is 27.9. The molecule has 2 amide bonds. The van der Waals surface area contributed by atoms with E-state index < -0.39 is 0 Å². The van der Waals surface area contributed by atoms with Crippen LogP contribution in [0.5, 0.6) is 11.6 Å². The SMILES string of the molecule is COc1cc2c(cc1CNC[C@@H]1CCC(=O)N1)CC/C2=C/c1cccc(-c2cccc(-c3ccc(CNC[C@H]4CCC(=O)N4)c(OC)n3)c2Cl)c1Cl. The molecule has 2 aliphatic heterocycles. The van der Waals surface area contributed by atoms with E-state index in [9.17, 15) is 9.59 Å². The summed E-state index contributed by atoms with van der Waals surface area (Å²) in [5, 5.41) is 14.1. The topological polar surface area (TPSA) is 114 Å². The number of rotatable bonds is 13. The molecule has 52 heavy (non-hydrogen) atoms. The number of nitrogens with one attached hydrogen (secondary N) is 4. The van der Waals surface area contributed by atoms with Crippen LogP contribution in [0.3, 0.4) is 0 Å². The first kappa shape index (κ1) is 36.0. The maximum absolute atomic E-state index is 11.6. The molecule has 1 aliphatic carbocycles. The van der Waals surface area contributed by atoms with Crippen molar-refractivity contribution in [1.29, 1.82) is 0 Å². The van der Waals surface area contributed by atoms with Crippen molar-refractivity contribution in [1.82, 2.24) is 26.3 Å². The van der Waals surface area contributed by atoms with Crippen LogP contribution in [0.25, 0.3) is 34.0 Å². The lowest BCUT2D eigenvalue weighted by atomic mass is 9.97. The van der Waals surface area contributed by atoms with Gasteiger partial charge in [-0.2, -0.15) is 0 Å². The Labute approximate surface area is 314 Å². The molecule has 2 fully saturated rings. The van der Waals surface area contributed by atoms with E-state index in [1.54, 1.807) is 14.2 Å². The van der Waals surface area contributed by atoms with Crippen molar-refractivity contribution >= 4 is 46.7 Å². The minimum Gasteiger partial charge on any atom is -0.496 e.